The SMILES string of the molecule is ClCc1ccnc(-c2nccc3ccccc23)n1. The molecule has 3 aromatic rings. The van der Waals surface area contributed by atoms with Crippen LogP contribution in [0.4, 0.5) is 0 Å². The molecule has 0 saturated carbocycles. The molecular formula is C14H10ClN3. The van der Waals surface area contributed by atoms with Crippen molar-refractivity contribution in [1.29, 1.82) is 0 Å². The lowest BCUT2D eigenvalue weighted by Gasteiger charge is -2.04. The molecule has 3 nitrogen and oxygen atoms in total. The standard InChI is InChI=1S/C14H10ClN3/c15-9-11-6-8-17-14(18-11)13-12-4-2-1-3-10(12)5-7-16-13/h1-8H,9H2. The second-order valence-electron chi connectivity index (χ2n) is 3.89. The molecule has 0 aliphatic heterocycles. The van der Waals surface area contributed by atoms with Gasteiger partial charge in [0.15, 0.2) is 5.82 Å². The summed E-state index contributed by atoms with van der Waals surface area (Å²) >= 11 is 5.79. The Bertz CT molecular complexity index is 692. The van der Waals surface area contributed by atoms with Gasteiger partial charge >= 0.3 is 0 Å². The van der Waals surface area contributed by atoms with E-state index in [0.29, 0.717) is 11.7 Å². The molecule has 2 heterocycles. The van der Waals surface area contributed by atoms with Crippen LogP contribution in [0.25, 0.3) is 22.3 Å². The first-order valence-corrected chi connectivity index (χ1v) is 6.14. The summed E-state index contributed by atoms with van der Waals surface area (Å²) in [5, 5.41) is 2.18. The lowest BCUT2D eigenvalue weighted by molar-refractivity contribution is 1.08. The molecule has 0 unspecified atom stereocenters. The lowest BCUT2D eigenvalue weighted by atomic mass is 10.1. The van der Waals surface area contributed by atoms with Crippen molar-refractivity contribution in [1.82, 2.24) is 15.0 Å². The fourth-order valence-electron chi connectivity index (χ4n) is 1.88. The summed E-state index contributed by atoms with van der Waals surface area (Å²) in [6, 6.07) is 11.8. The molecule has 0 bridgehead atoms. The van der Waals surface area contributed by atoms with E-state index in [2.05, 4.69) is 15.0 Å². The van der Waals surface area contributed by atoms with Crippen molar-refractivity contribution in [3.63, 3.8) is 0 Å². The van der Waals surface area contributed by atoms with Crippen LogP contribution in [0, 0.1) is 0 Å². The molecule has 0 radical (unpaired) electrons. The first kappa shape index (κ1) is 11.1. The van der Waals surface area contributed by atoms with Gasteiger partial charge in [0.25, 0.3) is 0 Å². The Labute approximate surface area is 109 Å². The van der Waals surface area contributed by atoms with Gasteiger partial charge in [0.1, 0.15) is 5.69 Å². The summed E-state index contributed by atoms with van der Waals surface area (Å²) in [5.74, 6) is 0.991. The number of rotatable bonds is 2. The number of nitrogens with zero attached hydrogens (tertiary/aromatic N) is 3. The van der Waals surface area contributed by atoms with Gasteiger partial charge in [-0.15, -0.1) is 11.6 Å². The maximum atomic E-state index is 5.79. The second kappa shape index (κ2) is 4.70. The summed E-state index contributed by atoms with van der Waals surface area (Å²) in [7, 11) is 0. The van der Waals surface area contributed by atoms with Crippen LogP contribution in [0.5, 0.6) is 0 Å². The largest absolute Gasteiger partial charge is 0.252 e. The molecule has 18 heavy (non-hydrogen) atoms. The zero-order valence-electron chi connectivity index (χ0n) is 9.55. The van der Waals surface area contributed by atoms with E-state index in [9.17, 15) is 0 Å². The van der Waals surface area contributed by atoms with Crippen LogP contribution >= 0.6 is 11.6 Å². The van der Waals surface area contributed by atoms with E-state index in [1.807, 2.05) is 36.4 Å². The van der Waals surface area contributed by atoms with Crippen molar-refractivity contribution in [3.05, 3.63) is 54.5 Å². The minimum atomic E-state index is 0.375. The molecule has 0 atom stereocenters. The number of alkyl halides is 1. The molecule has 0 amide bonds. The molecule has 4 heteroatoms. The highest BCUT2D eigenvalue weighted by Gasteiger charge is 2.08. The number of fused-ring (bicyclic) bond motifs is 1. The van der Waals surface area contributed by atoms with Gasteiger partial charge in [0.2, 0.25) is 0 Å². The maximum Gasteiger partial charge on any atom is 0.179 e. The van der Waals surface area contributed by atoms with Crippen LogP contribution in [0.15, 0.2) is 48.8 Å². The van der Waals surface area contributed by atoms with Crippen LogP contribution < -0.4 is 0 Å². The highest BCUT2D eigenvalue weighted by atomic mass is 35.5. The van der Waals surface area contributed by atoms with E-state index in [1.54, 1.807) is 12.4 Å². The minimum Gasteiger partial charge on any atom is -0.252 e. The van der Waals surface area contributed by atoms with Gasteiger partial charge in [-0.05, 0) is 17.5 Å². The third-order valence-corrected chi connectivity index (χ3v) is 3.01. The van der Waals surface area contributed by atoms with E-state index < -0.39 is 0 Å². The maximum absolute atomic E-state index is 5.79. The summed E-state index contributed by atoms with van der Waals surface area (Å²) in [6.07, 6.45) is 3.48. The van der Waals surface area contributed by atoms with E-state index in [0.717, 1.165) is 22.2 Å². The molecule has 0 saturated heterocycles. The molecule has 1 aromatic carbocycles. The Balaban J connectivity index is 2.24. The van der Waals surface area contributed by atoms with Crippen LogP contribution in [0.3, 0.4) is 0 Å². The zero-order valence-corrected chi connectivity index (χ0v) is 10.3. The van der Waals surface area contributed by atoms with E-state index in [4.69, 9.17) is 11.6 Å². The first-order chi connectivity index (χ1) is 8.88. The Kier molecular flexibility index (Phi) is 2.90. The van der Waals surface area contributed by atoms with Crippen molar-refractivity contribution in [2.45, 2.75) is 5.88 Å². The van der Waals surface area contributed by atoms with Crippen molar-refractivity contribution in [2.24, 2.45) is 0 Å². The first-order valence-electron chi connectivity index (χ1n) is 5.60. The van der Waals surface area contributed by atoms with Crippen molar-refractivity contribution < 1.29 is 0 Å². The van der Waals surface area contributed by atoms with Crippen molar-refractivity contribution in [3.8, 4) is 11.5 Å². The third kappa shape index (κ3) is 1.93. The summed E-state index contributed by atoms with van der Waals surface area (Å²) in [6.45, 7) is 0. The molecule has 0 N–H and O–H groups in total. The minimum absolute atomic E-state index is 0.375. The second-order valence-corrected chi connectivity index (χ2v) is 4.15. The van der Waals surface area contributed by atoms with Crippen LogP contribution in [0.2, 0.25) is 0 Å². The van der Waals surface area contributed by atoms with Crippen LogP contribution in [-0.2, 0) is 5.88 Å². The average molecular weight is 256 g/mol. The van der Waals surface area contributed by atoms with Gasteiger partial charge in [0, 0.05) is 17.8 Å². The smallest absolute Gasteiger partial charge is 0.179 e. The Morgan fingerprint density at radius 2 is 1.78 bits per heavy atom. The lowest BCUT2D eigenvalue weighted by Crippen LogP contribution is -1.95. The molecule has 0 fully saturated rings. The normalized spacial score (nSPS) is 10.7. The summed E-state index contributed by atoms with van der Waals surface area (Å²) in [4.78, 5) is 13.1. The molecule has 3 rings (SSSR count). The molecule has 0 aliphatic rings. The van der Waals surface area contributed by atoms with Gasteiger partial charge in [0.05, 0.1) is 11.6 Å². The van der Waals surface area contributed by atoms with Gasteiger partial charge in [-0.3, -0.25) is 4.98 Å². The summed E-state index contributed by atoms with van der Waals surface area (Å²) in [5.41, 5.74) is 1.59. The molecular weight excluding hydrogens is 246 g/mol. The quantitative estimate of drug-likeness (QED) is 0.659. The number of hydrogen-bond acceptors (Lipinski definition) is 3. The van der Waals surface area contributed by atoms with Gasteiger partial charge < -0.3 is 0 Å². The highest BCUT2D eigenvalue weighted by Crippen LogP contribution is 2.23. The number of hydrogen-bond donors (Lipinski definition) is 0. The van der Waals surface area contributed by atoms with Crippen LogP contribution in [0.1, 0.15) is 5.69 Å². The monoisotopic (exact) mass is 255 g/mol. The van der Waals surface area contributed by atoms with Crippen molar-refractivity contribution >= 4 is 22.4 Å². The van der Waals surface area contributed by atoms with Crippen LogP contribution in [-0.4, -0.2) is 15.0 Å². The fourth-order valence-corrected chi connectivity index (χ4v) is 2.03. The number of aromatic nitrogens is 3. The van der Waals surface area contributed by atoms with Gasteiger partial charge in [-0.25, -0.2) is 9.97 Å². The molecule has 0 aliphatic carbocycles. The predicted octanol–water partition coefficient (Wildman–Crippen LogP) is 3.43. The van der Waals surface area contributed by atoms with E-state index >= 15 is 0 Å². The fraction of sp³-hybridized carbons (Fsp3) is 0.0714. The third-order valence-electron chi connectivity index (χ3n) is 2.74. The highest BCUT2D eigenvalue weighted by molar-refractivity contribution is 6.16. The Morgan fingerprint density at radius 1 is 0.944 bits per heavy atom. The molecule has 88 valence electrons. The number of benzene rings is 1. The van der Waals surface area contributed by atoms with Crippen molar-refractivity contribution in [2.75, 3.05) is 0 Å². The average Bonchev–Trinajstić information content (AvgIpc) is 2.47. The van der Waals surface area contributed by atoms with E-state index in [1.165, 1.54) is 0 Å². The predicted molar refractivity (Wildman–Crippen MR) is 72.3 cm³/mol. The van der Waals surface area contributed by atoms with E-state index in [-0.39, 0.29) is 0 Å². The Hall–Kier alpha value is -2.00. The van der Waals surface area contributed by atoms with Gasteiger partial charge in [-0.2, -0.15) is 0 Å². The topological polar surface area (TPSA) is 38.7 Å². The molecule has 2 aromatic heterocycles. The Morgan fingerprint density at radius 3 is 2.67 bits per heavy atom. The number of pyridine rings is 1. The van der Waals surface area contributed by atoms with Gasteiger partial charge in [-0.1, -0.05) is 24.3 Å². The zero-order chi connectivity index (χ0) is 12.4. The molecule has 0 spiro atoms. The summed E-state index contributed by atoms with van der Waals surface area (Å²) < 4.78 is 0. The number of halogens is 1.